The van der Waals surface area contributed by atoms with E-state index in [0.717, 1.165) is 0 Å². The summed E-state index contributed by atoms with van der Waals surface area (Å²) in [5, 5.41) is 0. The first-order valence-electron chi connectivity index (χ1n) is 2.78. The Morgan fingerprint density at radius 2 is 2.11 bits per heavy atom. The molecule has 0 aliphatic carbocycles. The summed E-state index contributed by atoms with van der Waals surface area (Å²) in [5.41, 5.74) is 0. The summed E-state index contributed by atoms with van der Waals surface area (Å²) >= 11 is 0. The fourth-order valence-corrected chi connectivity index (χ4v) is 0.322. The van der Waals surface area contributed by atoms with Crippen molar-refractivity contribution in [2.45, 2.75) is 13.3 Å². The minimum Gasteiger partial charge on any atom is -0.348 e. The Hall–Kier alpha value is -0.970. The van der Waals surface area contributed by atoms with Crippen LogP contribution in [0, 0.1) is 11.8 Å². The van der Waals surface area contributed by atoms with Gasteiger partial charge in [-0.05, 0) is 6.92 Å². The summed E-state index contributed by atoms with van der Waals surface area (Å²) in [5.74, 6) is 5.40. The van der Waals surface area contributed by atoms with E-state index in [0.29, 0.717) is 6.42 Å². The van der Waals surface area contributed by atoms with E-state index < -0.39 is 0 Å². The van der Waals surface area contributed by atoms with E-state index in [2.05, 4.69) is 11.8 Å². The molecule has 0 spiro atoms. The molecule has 50 valence electrons. The molecule has 0 unspecified atom stereocenters. The monoisotopic (exact) mass is 125 g/mol. The topological polar surface area (TPSA) is 20.3 Å². The molecular weight excluding hydrogens is 114 g/mol. The zero-order valence-corrected chi connectivity index (χ0v) is 6.06. The molecule has 0 aliphatic rings. The highest BCUT2D eigenvalue weighted by Crippen LogP contribution is 1.82. The Bertz CT molecular complexity index is 150. The van der Waals surface area contributed by atoms with Crippen LogP contribution in [0.25, 0.3) is 0 Å². The average Bonchev–Trinajstić information content (AvgIpc) is 1.82. The van der Waals surface area contributed by atoms with Crippen LogP contribution in [0.2, 0.25) is 0 Å². The molecular formula is C7H11NO. The van der Waals surface area contributed by atoms with Gasteiger partial charge in [-0.2, -0.15) is 0 Å². The Morgan fingerprint density at radius 3 is 2.44 bits per heavy atom. The molecule has 0 bridgehead atoms. The number of rotatable bonds is 1. The molecule has 0 rings (SSSR count). The first-order valence-corrected chi connectivity index (χ1v) is 2.78. The van der Waals surface area contributed by atoms with Crippen molar-refractivity contribution in [1.29, 1.82) is 0 Å². The first-order chi connectivity index (χ1) is 4.18. The van der Waals surface area contributed by atoms with Gasteiger partial charge < -0.3 is 4.90 Å². The molecule has 0 aromatic heterocycles. The predicted molar refractivity (Wildman–Crippen MR) is 36.8 cm³/mol. The Labute approximate surface area is 55.8 Å². The van der Waals surface area contributed by atoms with Crippen molar-refractivity contribution in [2.24, 2.45) is 0 Å². The maximum absolute atomic E-state index is 10.7. The summed E-state index contributed by atoms with van der Waals surface area (Å²) in [4.78, 5) is 12.3. The van der Waals surface area contributed by atoms with E-state index >= 15 is 0 Å². The van der Waals surface area contributed by atoms with Gasteiger partial charge >= 0.3 is 0 Å². The van der Waals surface area contributed by atoms with Crippen molar-refractivity contribution in [3.05, 3.63) is 0 Å². The summed E-state index contributed by atoms with van der Waals surface area (Å²) in [6.07, 6.45) is 0.337. The van der Waals surface area contributed by atoms with Crippen molar-refractivity contribution in [3.8, 4) is 11.8 Å². The fraction of sp³-hybridized carbons (Fsp3) is 0.571. The van der Waals surface area contributed by atoms with Crippen LogP contribution < -0.4 is 0 Å². The van der Waals surface area contributed by atoms with Crippen LogP contribution in [-0.4, -0.2) is 24.9 Å². The summed E-state index contributed by atoms with van der Waals surface area (Å²) in [6.45, 7) is 1.73. The second-order valence-corrected chi connectivity index (χ2v) is 1.89. The van der Waals surface area contributed by atoms with Crippen molar-refractivity contribution < 1.29 is 4.79 Å². The van der Waals surface area contributed by atoms with Gasteiger partial charge in [-0.3, -0.25) is 4.79 Å². The molecule has 1 amide bonds. The lowest BCUT2D eigenvalue weighted by Gasteiger charge is -2.05. The third kappa shape index (κ3) is 3.60. The number of hydrogen-bond donors (Lipinski definition) is 0. The zero-order chi connectivity index (χ0) is 7.28. The largest absolute Gasteiger partial charge is 0.348 e. The third-order valence-corrected chi connectivity index (χ3v) is 0.915. The predicted octanol–water partition coefficient (Wildman–Crippen LogP) is 0.488. The van der Waals surface area contributed by atoms with Crippen LogP contribution >= 0.6 is 0 Å². The summed E-state index contributed by atoms with van der Waals surface area (Å²) in [7, 11) is 3.44. The van der Waals surface area contributed by atoms with Crippen molar-refractivity contribution >= 4 is 5.91 Å². The second kappa shape index (κ2) is 3.96. The molecule has 9 heavy (non-hydrogen) atoms. The quantitative estimate of drug-likeness (QED) is 0.467. The average molecular weight is 125 g/mol. The lowest BCUT2D eigenvalue weighted by atomic mass is 10.4. The zero-order valence-electron chi connectivity index (χ0n) is 6.06. The van der Waals surface area contributed by atoms with Crippen LogP contribution in [0.15, 0.2) is 0 Å². The van der Waals surface area contributed by atoms with Gasteiger partial charge in [0.15, 0.2) is 0 Å². The van der Waals surface area contributed by atoms with Gasteiger partial charge in [0.25, 0.3) is 0 Å². The Kier molecular flexibility index (Phi) is 3.54. The summed E-state index contributed by atoms with van der Waals surface area (Å²) < 4.78 is 0. The molecule has 0 atom stereocenters. The first kappa shape index (κ1) is 8.03. The fourth-order valence-electron chi connectivity index (χ4n) is 0.322. The van der Waals surface area contributed by atoms with Gasteiger partial charge in [0.2, 0.25) is 5.91 Å². The second-order valence-electron chi connectivity index (χ2n) is 1.89. The molecule has 0 fully saturated rings. The number of carbonyl (C=O) groups excluding carboxylic acids is 1. The van der Waals surface area contributed by atoms with Gasteiger partial charge in [-0.15, -0.1) is 5.92 Å². The van der Waals surface area contributed by atoms with Gasteiger partial charge in [0.1, 0.15) is 0 Å². The Morgan fingerprint density at radius 1 is 1.56 bits per heavy atom. The molecule has 0 saturated heterocycles. The van der Waals surface area contributed by atoms with Crippen molar-refractivity contribution in [3.63, 3.8) is 0 Å². The van der Waals surface area contributed by atoms with Crippen molar-refractivity contribution in [1.82, 2.24) is 4.90 Å². The van der Waals surface area contributed by atoms with E-state index in [1.807, 2.05) is 0 Å². The molecule has 0 aromatic carbocycles. The minimum absolute atomic E-state index is 0.0596. The molecule has 0 aromatic rings. The number of hydrogen-bond acceptors (Lipinski definition) is 1. The highest BCUT2D eigenvalue weighted by Gasteiger charge is 1.97. The molecule has 0 aliphatic heterocycles. The van der Waals surface area contributed by atoms with Crippen molar-refractivity contribution in [2.75, 3.05) is 14.1 Å². The van der Waals surface area contributed by atoms with Gasteiger partial charge in [-0.1, -0.05) is 5.92 Å². The van der Waals surface area contributed by atoms with Crippen LogP contribution in [0.1, 0.15) is 13.3 Å². The van der Waals surface area contributed by atoms with Gasteiger partial charge in [0, 0.05) is 14.1 Å². The normalized spacial score (nSPS) is 7.44. The molecule has 0 radical (unpaired) electrons. The van der Waals surface area contributed by atoms with E-state index in [-0.39, 0.29) is 5.91 Å². The smallest absolute Gasteiger partial charge is 0.234 e. The SMILES string of the molecule is CC#CCC(=O)N(C)C. The number of nitrogens with zero attached hydrogens (tertiary/aromatic N) is 1. The van der Waals surface area contributed by atoms with E-state index in [1.165, 1.54) is 4.90 Å². The van der Waals surface area contributed by atoms with E-state index in [1.54, 1.807) is 21.0 Å². The van der Waals surface area contributed by atoms with Gasteiger partial charge in [0.05, 0.1) is 6.42 Å². The van der Waals surface area contributed by atoms with Crippen LogP contribution in [-0.2, 0) is 4.79 Å². The van der Waals surface area contributed by atoms with Gasteiger partial charge in [-0.25, -0.2) is 0 Å². The third-order valence-electron chi connectivity index (χ3n) is 0.915. The minimum atomic E-state index is 0.0596. The number of amides is 1. The summed E-state index contributed by atoms with van der Waals surface area (Å²) in [6, 6.07) is 0. The van der Waals surface area contributed by atoms with Crippen LogP contribution in [0.5, 0.6) is 0 Å². The highest BCUT2D eigenvalue weighted by molar-refractivity contribution is 5.77. The maximum atomic E-state index is 10.7. The van der Waals surface area contributed by atoms with E-state index in [9.17, 15) is 4.79 Å². The molecule has 0 saturated carbocycles. The number of carbonyl (C=O) groups is 1. The van der Waals surface area contributed by atoms with Crippen LogP contribution in [0.3, 0.4) is 0 Å². The molecule has 2 heteroatoms. The maximum Gasteiger partial charge on any atom is 0.234 e. The standard InChI is InChI=1S/C7H11NO/c1-4-5-6-7(9)8(2)3/h6H2,1-3H3. The lowest BCUT2D eigenvalue weighted by Crippen LogP contribution is -2.20. The lowest BCUT2D eigenvalue weighted by molar-refractivity contribution is -0.127. The molecule has 2 nitrogen and oxygen atoms in total. The molecule has 0 heterocycles. The van der Waals surface area contributed by atoms with E-state index in [4.69, 9.17) is 0 Å². The highest BCUT2D eigenvalue weighted by atomic mass is 16.2. The molecule has 0 N–H and O–H groups in total. The van der Waals surface area contributed by atoms with Crippen LogP contribution in [0.4, 0.5) is 0 Å². The Balaban J connectivity index is 3.60.